The molecular weight excluding hydrogens is 252 g/mol. The molecule has 1 aromatic rings. The predicted octanol–water partition coefficient (Wildman–Crippen LogP) is 2.26. The lowest BCUT2D eigenvalue weighted by Crippen LogP contribution is -2.37. The summed E-state index contributed by atoms with van der Waals surface area (Å²) in [6, 6.07) is 7.81. The molecule has 0 unspecified atom stereocenters. The van der Waals surface area contributed by atoms with Crippen molar-refractivity contribution < 1.29 is 9.59 Å². The number of benzene rings is 1. The smallest absolute Gasteiger partial charge is 0.229 e. The maximum atomic E-state index is 12.0. The fourth-order valence-electron chi connectivity index (χ4n) is 2.44. The van der Waals surface area contributed by atoms with Gasteiger partial charge in [-0.05, 0) is 25.0 Å². The van der Waals surface area contributed by atoms with Crippen molar-refractivity contribution >= 4 is 17.5 Å². The molecule has 1 aliphatic heterocycles. The van der Waals surface area contributed by atoms with Crippen molar-refractivity contribution in [2.45, 2.75) is 39.7 Å². The van der Waals surface area contributed by atoms with Crippen LogP contribution in [0.5, 0.6) is 0 Å². The van der Waals surface area contributed by atoms with E-state index in [0.717, 1.165) is 5.69 Å². The molecule has 4 nitrogen and oxygen atoms in total. The molecule has 0 aromatic heterocycles. The molecule has 0 radical (unpaired) electrons. The zero-order valence-corrected chi connectivity index (χ0v) is 12.3. The summed E-state index contributed by atoms with van der Waals surface area (Å²) in [6.07, 6.45) is 0.896. The first-order chi connectivity index (χ1) is 9.45. The van der Waals surface area contributed by atoms with Gasteiger partial charge in [0.25, 0.3) is 0 Å². The molecule has 0 spiro atoms. The second-order valence-electron chi connectivity index (χ2n) is 5.91. The Balaban J connectivity index is 1.97. The molecule has 0 bridgehead atoms. The van der Waals surface area contributed by atoms with Gasteiger partial charge in [0.1, 0.15) is 0 Å². The predicted molar refractivity (Wildman–Crippen MR) is 79.5 cm³/mol. The van der Waals surface area contributed by atoms with Gasteiger partial charge in [-0.1, -0.05) is 31.5 Å². The normalized spacial score (nSPS) is 18.7. The van der Waals surface area contributed by atoms with Crippen LogP contribution in [0.25, 0.3) is 0 Å². The van der Waals surface area contributed by atoms with Gasteiger partial charge in [0.2, 0.25) is 11.8 Å². The molecule has 1 aromatic carbocycles. The number of hydrogen-bond donors (Lipinski definition) is 1. The van der Waals surface area contributed by atoms with Gasteiger partial charge in [0.05, 0.1) is 6.04 Å². The second-order valence-corrected chi connectivity index (χ2v) is 5.91. The highest BCUT2D eigenvalue weighted by Crippen LogP contribution is 2.22. The van der Waals surface area contributed by atoms with Gasteiger partial charge in [-0.3, -0.25) is 9.59 Å². The summed E-state index contributed by atoms with van der Waals surface area (Å²) in [5.74, 6) is 0.438. The zero-order chi connectivity index (χ0) is 14.7. The van der Waals surface area contributed by atoms with Crippen LogP contribution >= 0.6 is 0 Å². The number of nitrogens with one attached hydrogen (secondary N) is 1. The monoisotopic (exact) mass is 274 g/mol. The molecule has 1 N–H and O–H groups in total. The highest BCUT2D eigenvalue weighted by Gasteiger charge is 2.31. The van der Waals surface area contributed by atoms with Gasteiger partial charge in [0, 0.05) is 25.1 Å². The number of aryl methyl sites for hydroxylation is 1. The average molecular weight is 274 g/mol. The summed E-state index contributed by atoms with van der Waals surface area (Å²) in [5.41, 5.74) is 2.07. The third-order valence-corrected chi connectivity index (χ3v) is 3.43. The molecule has 1 fully saturated rings. The van der Waals surface area contributed by atoms with Crippen molar-refractivity contribution in [3.05, 3.63) is 29.8 Å². The lowest BCUT2D eigenvalue weighted by molar-refractivity contribution is -0.122. The third kappa shape index (κ3) is 3.59. The Hall–Kier alpha value is -1.84. The minimum absolute atomic E-state index is 0.0311. The Labute approximate surface area is 120 Å². The van der Waals surface area contributed by atoms with E-state index in [-0.39, 0.29) is 17.9 Å². The summed E-state index contributed by atoms with van der Waals surface area (Å²) in [6.45, 7) is 6.60. The van der Waals surface area contributed by atoms with Crippen LogP contribution in [0.3, 0.4) is 0 Å². The largest absolute Gasteiger partial charge is 0.351 e. The van der Waals surface area contributed by atoms with Crippen LogP contribution in [0.2, 0.25) is 0 Å². The Morgan fingerprint density at radius 2 is 2.00 bits per heavy atom. The van der Waals surface area contributed by atoms with E-state index in [2.05, 4.69) is 5.32 Å². The van der Waals surface area contributed by atoms with Crippen molar-refractivity contribution in [2.24, 2.45) is 5.92 Å². The summed E-state index contributed by atoms with van der Waals surface area (Å²) < 4.78 is 0. The number of carbonyl (C=O) groups is 2. The van der Waals surface area contributed by atoms with Crippen LogP contribution in [-0.4, -0.2) is 24.4 Å². The van der Waals surface area contributed by atoms with Gasteiger partial charge in [-0.2, -0.15) is 0 Å². The van der Waals surface area contributed by atoms with E-state index >= 15 is 0 Å². The number of hydrogen-bond acceptors (Lipinski definition) is 2. The first-order valence-corrected chi connectivity index (χ1v) is 7.12. The molecule has 1 aliphatic rings. The molecular formula is C16H22N2O2. The van der Waals surface area contributed by atoms with E-state index in [1.165, 1.54) is 5.56 Å². The Morgan fingerprint density at radius 3 is 2.60 bits per heavy atom. The van der Waals surface area contributed by atoms with Crippen LogP contribution in [0.4, 0.5) is 5.69 Å². The highest BCUT2D eigenvalue weighted by molar-refractivity contribution is 5.96. The van der Waals surface area contributed by atoms with Crippen molar-refractivity contribution in [1.82, 2.24) is 5.32 Å². The minimum Gasteiger partial charge on any atom is -0.351 e. The molecule has 1 atom stereocenters. The topological polar surface area (TPSA) is 49.4 Å². The number of rotatable bonds is 4. The number of nitrogens with zero attached hydrogens (tertiary/aromatic N) is 1. The van der Waals surface area contributed by atoms with E-state index < -0.39 is 0 Å². The van der Waals surface area contributed by atoms with Crippen LogP contribution in [-0.2, 0) is 9.59 Å². The van der Waals surface area contributed by atoms with Gasteiger partial charge >= 0.3 is 0 Å². The average Bonchev–Trinajstić information content (AvgIpc) is 2.70. The fraction of sp³-hybridized carbons (Fsp3) is 0.500. The Bertz CT molecular complexity index is 494. The summed E-state index contributed by atoms with van der Waals surface area (Å²) in [4.78, 5) is 25.6. The summed E-state index contributed by atoms with van der Waals surface area (Å²) >= 11 is 0. The van der Waals surface area contributed by atoms with Crippen LogP contribution in [0.15, 0.2) is 24.3 Å². The minimum atomic E-state index is -0.0740. The molecule has 0 saturated carbocycles. The summed E-state index contributed by atoms with van der Waals surface area (Å²) in [5, 5.41) is 2.95. The van der Waals surface area contributed by atoms with Crippen LogP contribution < -0.4 is 10.2 Å². The van der Waals surface area contributed by atoms with Crippen molar-refractivity contribution in [1.29, 1.82) is 0 Å². The number of carbonyl (C=O) groups excluding carboxylic acids is 2. The lowest BCUT2D eigenvalue weighted by Gasteiger charge is -2.17. The quantitative estimate of drug-likeness (QED) is 0.915. The molecule has 4 heteroatoms. The Morgan fingerprint density at radius 1 is 1.35 bits per heavy atom. The van der Waals surface area contributed by atoms with Crippen molar-refractivity contribution in [3.63, 3.8) is 0 Å². The standard InChI is InChI=1S/C16H22N2O2/c1-11(2)8-15(19)17-13-9-16(20)18(10-13)14-6-4-12(3)5-7-14/h4-7,11,13H,8-10H2,1-3H3,(H,17,19)/t13-/m0/s1. The maximum absolute atomic E-state index is 12.0. The van der Waals surface area contributed by atoms with Gasteiger partial charge in [0.15, 0.2) is 0 Å². The zero-order valence-electron chi connectivity index (χ0n) is 12.3. The first kappa shape index (κ1) is 14.6. The van der Waals surface area contributed by atoms with Gasteiger partial charge < -0.3 is 10.2 Å². The number of anilines is 1. The van der Waals surface area contributed by atoms with E-state index in [0.29, 0.717) is 25.3 Å². The molecule has 1 heterocycles. The number of amides is 2. The van der Waals surface area contributed by atoms with E-state index in [9.17, 15) is 9.59 Å². The molecule has 0 aliphatic carbocycles. The highest BCUT2D eigenvalue weighted by atomic mass is 16.2. The van der Waals surface area contributed by atoms with Gasteiger partial charge in [-0.25, -0.2) is 0 Å². The summed E-state index contributed by atoms with van der Waals surface area (Å²) in [7, 11) is 0. The van der Waals surface area contributed by atoms with Crippen molar-refractivity contribution in [2.75, 3.05) is 11.4 Å². The second kappa shape index (κ2) is 6.07. The molecule has 20 heavy (non-hydrogen) atoms. The van der Waals surface area contributed by atoms with E-state index in [1.807, 2.05) is 45.0 Å². The maximum Gasteiger partial charge on any atom is 0.229 e. The van der Waals surface area contributed by atoms with Gasteiger partial charge in [-0.15, -0.1) is 0 Å². The van der Waals surface area contributed by atoms with Crippen molar-refractivity contribution in [3.8, 4) is 0 Å². The molecule has 2 rings (SSSR count). The SMILES string of the molecule is Cc1ccc(N2C[C@@H](NC(=O)CC(C)C)CC2=O)cc1. The molecule has 1 saturated heterocycles. The van der Waals surface area contributed by atoms with E-state index in [1.54, 1.807) is 4.90 Å². The lowest BCUT2D eigenvalue weighted by atomic mass is 10.1. The molecule has 108 valence electrons. The van der Waals surface area contributed by atoms with Crippen LogP contribution in [0.1, 0.15) is 32.3 Å². The molecule has 2 amide bonds. The first-order valence-electron chi connectivity index (χ1n) is 7.12. The fourth-order valence-corrected chi connectivity index (χ4v) is 2.44. The third-order valence-electron chi connectivity index (χ3n) is 3.43. The van der Waals surface area contributed by atoms with Crippen LogP contribution in [0, 0.1) is 12.8 Å². The Kier molecular flexibility index (Phi) is 4.42. The van der Waals surface area contributed by atoms with E-state index in [4.69, 9.17) is 0 Å².